The molecule has 0 aliphatic carbocycles. The van der Waals surface area contributed by atoms with Crippen LogP contribution in [0, 0.1) is 5.92 Å². The predicted molar refractivity (Wildman–Crippen MR) is 37.9 cm³/mol. The van der Waals surface area contributed by atoms with Crippen molar-refractivity contribution < 1.29 is 13.9 Å². The maximum atomic E-state index is 13.0. The topological polar surface area (TPSA) is 38.3 Å². The summed E-state index contributed by atoms with van der Waals surface area (Å²) in [5.74, 6) is -0.943. The van der Waals surface area contributed by atoms with Gasteiger partial charge >= 0.3 is 5.97 Å². The van der Waals surface area contributed by atoms with Gasteiger partial charge in [0.15, 0.2) is 0 Å². The number of carbonyl (C=O) groups excluding carboxylic acids is 1. The van der Waals surface area contributed by atoms with E-state index in [4.69, 9.17) is 0 Å². The number of hydrogen-bond donors (Lipinski definition) is 1. The van der Waals surface area contributed by atoms with E-state index in [9.17, 15) is 9.18 Å². The predicted octanol–water partition coefficient (Wildman–Crippen LogP) is 0.107. The van der Waals surface area contributed by atoms with Crippen molar-refractivity contribution in [3.05, 3.63) is 0 Å². The summed E-state index contributed by atoms with van der Waals surface area (Å²) in [6.45, 7) is 1.37. The molecule has 0 saturated carbocycles. The highest BCUT2D eigenvalue weighted by Crippen LogP contribution is 2.16. The maximum absolute atomic E-state index is 13.0. The number of ether oxygens (including phenoxy) is 1. The molecule has 2 unspecified atom stereocenters. The smallest absolute Gasteiger partial charge is 0.340 e. The van der Waals surface area contributed by atoms with Gasteiger partial charge < -0.3 is 10.1 Å². The largest absolute Gasteiger partial charge is 0.467 e. The summed E-state index contributed by atoms with van der Waals surface area (Å²) in [5.41, 5.74) is 0. The van der Waals surface area contributed by atoms with Crippen LogP contribution >= 0.6 is 0 Å². The van der Waals surface area contributed by atoms with E-state index in [0.29, 0.717) is 6.54 Å². The fraction of sp³-hybridized carbons (Fsp3) is 0.857. The molecule has 1 aliphatic heterocycles. The molecule has 11 heavy (non-hydrogen) atoms. The number of esters is 1. The quantitative estimate of drug-likeness (QED) is 0.584. The minimum Gasteiger partial charge on any atom is -0.467 e. The highest BCUT2D eigenvalue weighted by molar-refractivity contribution is 5.74. The lowest BCUT2D eigenvalue weighted by Crippen LogP contribution is -2.28. The van der Waals surface area contributed by atoms with E-state index < -0.39 is 12.1 Å². The van der Waals surface area contributed by atoms with E-state index in [-0.39, 0.29) is 5.92 Å². The third kappa shape index (κ3) is 1.89. The second-order valence-corrected chi connectivity index (χ2v) is 2.68. The first kappa shape index (κ1) is 8.46. The number of halogens is 1. The van der Waals surface area contributed by atoms with Gasteiger partial charge in [0.25, 0.3) is 0 Å². The first-order valence-electron chi connectivity index (χ1n) is 3.68. The van der Waals surface area contributed by atoms with Crippen LogP contribution in [0.1, 0.15) is 6.42 Å². The summed E-state index contributed by atoms with van der Waals surface area (Å²) in [6, 6.07) is 0. The summed E-state index contributed by atoms with van der Waals surface area (Å²) in [5, 5.41) is 2.98. The van der Waals surface area contributed by atoms with Crippen LogP contribution in [0.3, 0.4) is 0 Å². The van der Waals surface area contributed by atoms with Crippen LogP contribution in [-0.4, -0.2) is 32.3 Å². The van der Waals surface area contributed by atoms with Gasteiger partial charge in [0.2, 0.25) is 6.17 Å². The molecule has 1 N–H and O–H groups in total. The van der Waals surface area contributed by atoms with Crippen LogP contribution in [0.2, 0.25) is 0 Å². The van der Waals surface area contributed by atoms with E-state index in [2.05, 4.69) is 10.1 Å². The lowest BCUT2D eigenvalue weighted by Gasteiger charge is -2.11. The van der Waals surface area contributed by atoms with Crippen molar-refractivity contribution >= 4 is 5.97 Å². The van der Waals surface area contributed by atoms with Crippen LogP contribution in [0.5, 0.6) is 0 Å². The van der Waals surface area contributed by atoms with E-state index >= 15 is 0 Å². The van der Waals surface area contributed by atoms with E-state index in [0.717, 1.165) is 13.0 Å². The van der Waals surface area contributed by atoms with Gasteiger partial charge in [-0.25, -0.2) is 9.18 Å². The number of nitrogens with one attached hydrogen (secondary N) is 1. The Balaban J connectivity index is 2.39. The zero-order valence-electron chi connectivity index (χ0n) is 6.47. The molecule has 1 fully saturated rings. The Morgan fingerprint density at radius 1 is 1.82 bits per heavy atom. The fourth-order valence-corrected chi connectivity index (χ4v) is 1.23. The second kappa shape index (κ2) is 3.67. The number of carbonyl (C=O) groups is 1. The number of methoxy groups -OCH3 is 1. The first-order valence-corrected chi connectivity index (χ1v) is 3.68. The van der Waals surface area contributed by atoms with Gasteiger partial charge in [-0.05, 0) is 13.0 Å². The Bertz CT molecular complexity index is 145. The van der Waals surface area contributed by atoms with Gasteiger partial charge in [-0.15, -0.1) is 0 Å². The molecular formula is C7H12FNO2. The molecule has 64 valence electrons. The molecular weight excluding hydrogens is 149 g/mol. The summed E-state index contributed by atoms with van der Waals surface area (Å²) in [4.78, 5) is 10.7. The Kier molecular flexibility index (Phi) is 2.82. The van der Waals surface area contributed by atoms with Gasteiger partial charge in [0, 0.05) is 12.5 Å². The van der Waals surface area contributed by atoms with Crippen LogP contribution in [-0.2, 0) is 9.53 Å². The molecule has 0 aromatic heterocycles. The molecule has 3 nitrogen and oxygen atoms in total. The van der Waals surface area contributed by atoms with Gasteiger partial charge in [-0.3, -0.25) is 0 Å². The third-order valence-corrected chi connectivity index (χ3v) is 1.94. The molecule has 1 saturated heterocycles. The number of alkyl halides is 1. The van der Waals surface area contributed by atoms with Gasteiger partial charge in [-0.1, -0.05) is 0 Å². The van der Waals surface area contributed by atoms with Crippen molar-refractivity contribution in [1.29, 1.82) is 0 Å². The van der Waals surface area contributed by atoms with Gasteiger partial charge in [0.1, 0.15) is 0 Å². The first-order chi connectivity index (χ1) is 5.25. The average molecular weight is 161 g/mol. The molecule has 0 radical (unpaired) electrons. The second-order valence-electron chi connectivity index (χ2n) is 2.68. The number of hydrogen-bond acceptors (Lipinski definition) is 3. The molecule has 0 amide bonds. The van der Waals surface area contributed by atoms with Gasteiger partial charge in [-0.2, -0.15) is 0 Å². The fourth-order valence-electron chi connectivity index (χ4n) is 1.23. The Morgan fingerprint density at radius 3 is 3.00 bits per heavy atom. The normalized spacial score (nSPS) is 26.5. The van der Waals surface area contributed by atoms with E-state index in [1.54, 1.807) is 0 Å². The van der Waals surface area contributed by atoms with Crippen molar-refractivity contribution in [3.63, 3.8) is 0 Å². The van der Waals surface area contributed by atoms with Crippen LogP contribution in [0.4, 0.5) is 4.39 Å². The highest BCUT2D eigenvalue weighted by atomic mass is 19.1. The Hall–Kier alpha value is -0.640. The zero-order chi connectivity index (χ0) is 8.27. The average Bonchev–Trinajstić information content (AvgIpc) is 2.53. The van der Waals surface area contributed by atoms with Crippen molar-refractivity contribution in [2.45, 2.75) is 12.6 Å². The lowest BCUT2D eigenvalue weighted by molar-refractivity contribution is -0.148. The SMILES string of the molecule is COC(=O)C(F)C1CCNC1. The molecule has 1 aliphatic rings. The van der Waals surface area contributed by atoms with Crippen molar-refractivity contribution in [2.75, 3.05) is 20.2 Å². The summed E-state index contributed by atoms with van der Waals surface area (Å²) < 4.78 is 17.3. The highest BCUT2D eigenvalue weighted by Gasteiger charge is 2.30. The summed E-state index contributed by atoms with van der Waals surface area (Å²) in [6.07, 6.45) is -0.731. The molecule has 4 heteroatoms. The minimum absolute atomic E-state index is 0.192. The summed E-state index contributed by atoms with van der Waals surface area (Å²) in [7, 11) is 1.21. The molecule has 0 aromatic carbocycles. The molecule has 2 atom stereocenters. The third-order valence-electron chi connectivity index (χ3n) is 1.94. The Labute approximate surface area is 64.9 Å². The summed E-state index contributed by atoms with van der Waals surface area (Å²) >= 11 is 0. The molecule has 0 aromatic rings. The monoisotopic (exact) mass is 161 g/mol. The van der Waals surface area contributed by atoms with Crippen molar-refractivity contribution in [1.82, 2.24) is 5.32 Å². The molecule has 0 spiro atoms. The van der Waals surface area contributed by atoms with Crippen LogP contribution in [0.15, 0.2) is 0 Å². The Morgan fingerprint density at radius 2 is 2.55 bits per heavy atom. The van der Waals surface area contributed by atoms with E-state index in [1.165, 1.54) is 7.11 Å². The van der Waals surface area contributed by atoms with Crippen LogP contribution in [0.25, 0.3) is 0 Å². The van der Waals surface area contributed by atoms with Crippen LogP contribution < -0.4 is 5.32 Å². The van der Waals surface area contributed by atoms with Crippen molar-refractivity contribution in [3.8, 4) is 0 Å². The van der Waals surface area contributed by atoms with Gasteiger partial charge in [0.05, 0.1) is 7.11 Å². The molecule has 1 rings (SSSR count). The van der Waals surface area contributed by atoms with E-state index in [1.807, 2.05) is 0 Å². The van der Waals surface area contributed by atoms with Crippen molar-refractivity contribution in [2.24, 2.45) is 5.92 Å². The maximum Gasteiger partial charge on any atom is 0.340 e. The molecule has 1 heterocycles. The minimum atomic E-state index is -1.45. The lowest BCUT2D eigenvalue weighted by atomic mass is 10.0. The standard InChI is InChI=1S/C7H12FNO2/c1-11-7(10)6(8)5-2-3-9-4-5/h5-6,9H,2-4H2,1H3. The zero-order valence-corrected chi connectivity index (χ0v) is 6.47. The molecule has 0 bridgehead atoms. The number of rotatable bonds is 2.